The topological polar surface area (TPSA) is 33.1 Å². The van der Waals surface area contributed by atoms with Crippen LogP contribution in [0, 0.1) is 6.92 Å². The van der Waals surface area contributed by atoms with Gasteiger partial charge in [0, 0.05) is 10.8 Å². The maximum Gasteiger partial charge on any atom is 0.138 e. The van der Waals surface area contributed by atoms with Gasteiger partial charge in [0.2, 0.25) is 0 Å². The number of benzene rings is 1. The summed E-state index contributed by atoms with van der Waals surface area (Å²) < 4.78 is 0. The van der Waals surface area contributed by atoms with Crippen molar-refractivity contribution in [3.8, 4) is 5.75 Å². The molecule has 0 spiro atoms. The van der Waals surface area contributed by atoms with Gasteiger partial charge in [0.05, 0.1) is 11.2 Å². The Bertz CT molecular complexity index is 558. The molecule has 0 fully saturated rings. The van der Waals surface area contributed by atoms with Gasteiger partial charge in [0.1, 0.15) is 5.75 Å². The van der Waals surface area contributed by atoms with Crippen LogP contribution in [0.15, 0.2) is 24.3 Å². The van der Waals surface area contributed by atoms with E-state index < -0.39 is 0 Å². The monoisotopic (exact) mass is 229 g/mol. The first-order valence-corrected chi connectivity index (χ1v) is 6.05. The zero-order chi connectivity index (χ0) is 12.6. The average Bonchev–Trinajstić information content (AvgIpc) is 2.28. The highest BCUT2D eigenvalue weighted by Crippen LogP contribution is 2.34. The van der Waals surface area contributed by atoms with Gasteiger partial charge < -0.3 is 5.11 Å². The van der Waals surface area contributed by atoms with Crippen LogP contribution in [0.2, 0.25) is 0 Å². The molecule has 0 aliphatic rings. The van der Waals surface area contributed by atoms with Crippen molar-refractivity contribution in [2.45, 2.75) is 39.5 Å². The molecule has 0 aliphatic carbocycles. The molecule has 1 aromatic heterocycles. The number of fused-ring (bicyclic) bond motifs is 1. The summed E-state index contributed by atoms with van der Waals surface area (Å²) in [6.45, 7) is 8.39. The molecule has 1 N–H and O–H groups in total. The van der Waals surface area contributed by atoms with E-state index in [1.54, 1.807) is 0 Å². The number of para-hydroxylation sites is 1. The van der Waals surface area contributed by atoms with Crippen LogP contribution < -0.4 is 0 Å². The van der Waals surface area contributed by atoms with E-state index in [2.05, 4.69) is 38.7 Å². The van der Waals surface area contributed by atoms with Crippen LogP contribution in [0.25, 0.3) is 10.9 Å². The quantitative estimate of drug-likeness (QED) is 0.846. The summed E-state index contributed by atoms with van der Waals surface area (Å²) in [5.74, 6) is 0.301. The Morgan fingerprint density at radius 3 is 2.65 bits per heavy atom. The van der Waals surface area contributed by atoms with E-state index in [0.717, 1.165) is 28.6 Å². The van der Waals surface area contributed by atoms with Gasteiger partial charge in [-0.2, -0.15) is 0 Å². The third-order valence-electron chi connectivity index (χ3n) is 3.55. The van der Waals surface area contributed by atoms with Crippen molar-refractivity contribution in [2.24, 2.45) is 0 Å². The van der Waals surface area contributed by atoms with Gasteiger partial charge in [-0.25, -0.2) is 4.98 Å². The number of hydrogen-bond donors (Lipinski definition) is 1. The Morgan fingerprint density at radius 1 is 1.29 bits per heavy atom. The van der Waals surface area contributed by atoms with Crippen molar-refractivity contribution < 1.29 is 5.11 Å². The largest absolute Gasteiger partial charge is 0.506 e. The van der Waals surface area contributed by atoms with Crippen molar-refractivity contribution in [2.75, 3.05) is 0 Å². The number of aryl methyl sites for hydroxylation is 1. The summed E-state index contributed by atoms with van der Waals surface area (Å²) >= 11 is 0. The second-order valence-corrected chi connectivity index (χ2v) is 5.24. The molecular formula is C15H19NO. The van der Waals surface area contributed by atoms with E-state index in [4.69, 9.17) is 0 Å². The molecule has 0 unspecified atom stereocenters. The third kappa shape index (κ3) is 1.99. The first-order chi connectivity index (χ1) is 7.95. The van der Waals surface area contributed by atoms with Crippen LogP contribution in [0.1, 0.15) is 38.4 Å². The van der Waals surface area contributed by atoms with Crippen molar-refractivity contribution in [1.82, 2.24) is 4.98 Å². The van der Waals surface area contributed by atoms with Gasteiger partial charge in [0.15, 0.2) is 0 Å². The SMILES string of the molecule is CCC(C)(C)c1nc2c(C)cccc2cc1O. The molecule has 0 radical (unpaired) electrons. The lowest BCUT2D eigenvalue weighted by atomic mass is 9.85. The van der Waals surface area contributed by atoms with E-state index >= 15 is 0 Å². The average molecular weight is 229 g/mol. The molecule has 0 aliphatic heterocycles. The van der Waals surface area contributed by atoms with Crippen molar-refractivity contribution in [3.05, 3.63) is 35.5 Å². The molecule has 0 atom stereocenters. The fourth-order valence-electron chi connectivity index (χ4n) is 2.00. The Labute approximate surface area is 102 Å². The highest BCUT2D eigenvalue weighted by atomic mass is 16.3. The highest BCUT2D eigenvalue weighted by Gasteiger charge is 2.24. The van der Waals surface area contributed by atoms with Crippen LogP contribution in [-0.2, 0) is 5.41 Å². The molecule has 0 saturated heterocycles. The smallest absolute Gasteiger partial charge is 0.138 e. The molecule has 2 rings (SSSR count). The van der Waals surface area contributed by atoms with Crippen LogP contribution >= 0.6 is 0 Å². The summed E-state index contributed by atoms with van der Waals surface area (Å²) in [6.07, 6.45) is 0.949. The zero-order valence-electron chi connectivity index (χ0n) is 10.9. The molecule has 1 aromatic carbocycles. The summed E-state index contributed by atoms with van der Waals surface area (Å²) in [6, 6.07) is 7.85. The molecular weight excluding hydrogens is 210 g/mol. The summed E-state index contributed by atoms with van der Waals surface area (Å²) in [7, 11) is 0. The van der Waals surface area contributed by atoms with E-state index in [1.807, 2.05) is 18.2 Å². The second-order valence-electron chi connectivity index (χ2n) is 5.24. The Morgan fingerprint density at radius 2 is 2.00 bits per heavy atom. The maximum atomic E-state index is 10.1. The van der Waals surface area contributed by atoms with Crippen molar-refractivity contribution in [3.63, 3.8) is 0 Å². The van der Waals surface area contributed by atoms with Crippen LogP contribution in [-0.4, -0.2) is 10.1 Å². The molecule has 0 saturated carbocycles. The first kappa shape index (κ1) is 11.9. The summed E-state index contributed by atoms with van der Waals surface area (Å²) in [5.41, 5.74) is 2.83. The van der Waals surface area contributed by atoms with E-state index in [9.17, 15) is 5.11 Å². The van der Waals surface area contributed by atoms with Crippen LogP contribution in [0.5, 0.6) is 5.75 Å². The summed E-state index contributed by atoms with van der Waals surface area (Å²) in [5, 5.41) is 11.1. The number of aromatic nitrogens is 1. The molecule has 0 bridgehead atoms. The minimum atomic E-state index is -0.0967. The Balaban J connectivity index is 2.74. The molecule has 2 nitrogen and oxygen atoms in total. The minimum absolute atomic E-state index is 0.0967. The van der Waals surface area contributed by atoms with Gasteiger partial charge in [-0.1, -0.05) is 39.0 Å². The number of aromatic hydroxyl groups is 1. The standard InChI is InChI=1S/C15H19NO/c1-5-15(3,4)14-12(17)9-11-8-6-7-10(2)13(11)16-14/h6-9,17H,5H2,1-4H3. The second kappa shape index (κ2) is 4.02. The summed E-state index contributed by atoms with van der Waals surface area (Å²) in [4.78, 5) is 4.67. The van der Waals surface area contributed by atoms with E-state index in [0.29, 0.717) is 5.75 Å². The van der Waals surface area contributed by atoms with Crippen molar-refractivity contribution >= 4 is 10.9 Å². The van der Waals surface area contributed by atoms with Crippen LogP contribution in [0.4, 0.5) is 0 Å². The number of rotatable bonds is 2. The molecule has 1 heterocycles. The lowest BCUT2D eigenvalue weighted by Gasteiger charge is -2.23. The highest BCUT2D eigenvalue weighted by molar-refractivity contribution is 5.83. The van der Waals surface area contributed by atoms with Gasteiger partial charge in [-0.15, -0.1) is 0 Å². The number of pyridine rings is 1. The Kier molecular flexibility index (Phi) is 2.82. The number of nitrogens with zero attached hydrogens (tertiary/aromatic N) is 1. The molecule has 17 heavy (non-hydrogen) atoms. The third-order valence-corrected chi connectivity index (χ3v) is 3.55. The lowest BCUT2D eigenvalue weighted by Crippen LogP contribution is -2.17. The van der Waals surface area contributed by atoms with Gasteiger partial charge >= 0.3 is 0 Å². The predicted octanol–water partition coefficient (Wildman–Crippen LogP) is 3.94. The fraction of sp³-hybridized carbons (Fsp3) is 0.400. The lowest BCUT2D eigenvalue weighted by molar-refractivity contribution is 0.419. The molecule has 2 aromatic rings. The van der Waals surface area contributed by atoms with Crippen molar-refractivity contribution in [1.29, 1.82) is 0 Å². The predicted molar refractivity (Wildman–Crippen MR) is 71.5 cm³/mol. The zero-order valence-corrected chi connectivity index (χ0v) is 10.9. The minimum Gasteiger partial charge on any atom is -0.506 e. The molecule has 90 valence electrons. The van der Waals surface area contributed by atoms with Gasteiger partial charge in [-0.3, -0.25) is 0 Å². The van der Waals surface area contributed by atoms with Gasteiger partial charge in [0.25, 0.3) is 0 Å². The van der Waals surface area contributed by atoms with Gasteiger partial charge in [-0.05, 0) is 25.0 Å². The fourth-order valence-corrected chi connectivity index (χ4v) is 2.00. The Hall–Kier alpha value is -1.57. The first-order valence-electron chi connectivity index (χ1n) is 6.05. The van der Waals surface area contributed by atoms with E-state index in [-0.39, 0.29) is 5.41 Å². The maximum absolute atomic E-state index is 10.1. The molecule has 0 amide bonds. The molecule has 2 heteroatoms. The number of hydrogen-bond acceptors (Lipinski definition) is 2. The normalized spacial score (nSPS) is 12.0. The van der Waals surface area contributed by atoms with Crippen LogP contribution in [0.3, 0.4) is 0 Å². The van der Waals surface area contributed by atoms with E-state index in [1.165, 1.54) is 0 Å².